The molecule has 0 fully saturated rings. The Bertz CT molecular complexity index is 530. The summed E-state index contributed by atoms with van der Waals surface area (Å²) in [6.45, 7) is 1.75. The van der Waals surface area contributed by atoms with Gasteiger partial charge in [-0.25, -0.2) is 0 Å². The molecule has 2 aromatic heterocycles. The third kappa shape index (κ3) is 2.06. The van der Waals surface area contributed by atoms with Crippen LogP contribution in [0.1, 0.15) is 16.3 Å². The molecule has 0 aliphatic heterocycles. The first-order valence-corrected chi connectivity index (χ1v) is 4.96. The number of carbonyl (C=O) groups is 1. The zero-order valence-corrected chi connectivity index (χ0v) is 9.54. The molecule has 0 aliphatic rings. The Hall–Kier alpha value is -1.82. The summed E-state index contributed by atoms with van der Waals surface area (Å²) in [5.74, 6) is 0.591. The summed E-state index contributed by atoms with van der Waals surface area (Å²) in [4.78, 5) is 15.7. The molecule has 7 heteroatoms. The van der Waals surface area contributed by atoms with Crippen molar-refractivity contribution < 1.29 is 4.79 Å². The van der Waals surface area contributed by atoms with E-state index in [2.05, 4.69) is 20.5 Å². The fourth-order valence-electron chi connectivity index (χ4n) is 1.31. The zero-order valence-electron chi connectivity index (χ0n) is 8.78. The first-order valence-electron chi connectivity index (χ1n) is 4.58. The van der Waals surface area contributed by atoms with Crippen LogP contribution < -0.4 is 5.32 Å². The molecule has 2 aromatic rings. The van der Waals surface area contributed by atoms with Crippen molar-refractivity contribution in [3.8, 4) is 0 Å². The molecule has 16 heavy (non-hydrogen) atoms. The van der Waals surface area contributed by atoms with Crippen molar-refractivity contribution >= 4 is 23.5 Å². The van der Waals surface area contributed by atoms with Gasteiger partial charge < -0.3 is 4.57 Å². The van der Waals surface area contributed by atoms with E-state index in [0.717, 1.165) is 0 Å². The van der Waals surface area contributed by atoms with E-state index in [1.165, 1.54) is 0 Å². The lowest BCUT2D eigenvalue weighted by Gasteiger charge is -2.01. The Balaban J connectivity index is 2.17. The average molecular weight is 240 g/mol. The second kappa shape index (κ2) is 3.97. The van der Waals surface area contributed by atoms with E-state index in [0.29, 0.717) is 16.5 Å². The minimum Gasteiger partial charge on any atom is -0.345 e. The van der Waals surface area contributed by atoms with E-state index in [1.54, 1.807) is 30.8 Å². The monoisotopic (exact) mass is 239 g/mol. The fraction of sp³-hybridized carbons (Fsp3) is 0.222. The molecule has 0 saturated heterocycles. The van der Waals surface area contributed by atoms with E-state index in [4.69, 9.17) is 11.6 Å². The van der Waals surface area contributed by atoms with Crippen LogP contribution in [0.2, 0.25) is 5.02 Å². The summed E-state index contributed by atoms with van der Waals surface area (Å²) in [5, 5.41) is 9.52. The van der Waals surface area contributed by atoms with Gasteiger partial charge in [0.2, 0.25) is 5.95 Å². The Labute approximate surface area is 96.6 Å². The Morgan fingerprint density at radius 2 is 2.38 bits per heavy atom. The summed E-state index contributed by atoms with van der Waals surface area (Å²) < 4.78 is 1.64. The standard InChI is InChI=1S/C9H10ClN5O/c1-5-11-9(14-13-5)12-8(16)7-3-6(10)4-15(7)2/h3-4H,1-2H3,(H2,11,12,13,14,16). The van der Waals surface area contributed by atoms with Gasteiger partial charge in [-0.1, -0.05) is 11.6 Å². The van der Waals surface area contributed by atoms with E-state index in [9.17, 15) is 4.79 Å². The van der Waals surface area contributed by atoms with Crippen LogP contribution in [0.25, 0.3) is 0 Å². The van der Waals surface area contributed by atoms with Crippen LogP contribution in [0, 0.1) is 6.92 Å². The van der Waals surface area contributed by atoms with Gasteiger partial charge >= 0.3 is 0 Å². The second-order valence-electron chi connectivity index (χ2n) is 3.35. The predicted molar refractivity (Wildman–Crippen MR) is 59.5 cm³/mol. The maximum absolute atomic E-state index is 11.8. The molecular formula is C9H10ClN5O. The molecule has 0 spiro atoms. The van der Waals surface area contributed by atoms with Crippen molar-refractivity contribution in [3.63, 3.8) is 0 Å². The van der Waals surface area contributed by atoms with E-state index < -0.39 is 0 Å². The molecule has 2 rings (SSSR count). The molecule has 0 unspecified atom stereocenters. The molecule has 0 aromatic carbocycles. The van der Waals surface area contributed by atoms with E-state index in [1.807, 2.05) is 0 Å². The van der Waals surface area contributed by atoms with Crippen LogP contribution >= 0.6 is 11.6 Å². The van der Waals surface area contributed by atoms with Crippen molar-refractivity contribution in [2.75, 3.05) is 5.32 Å². The van der Waals surface area contributed by atoms with Crippen LogP contribution in [0.4, 0.5) is 5.95 Å². The normalized spacial score (nSPS) is 10.4. The van der Waals surface area contributed by atoms with Crippen molar-refractivity contribution in [1.29, 1.82) is 0 Å². The number of aromatic amines is 1. The molecule has 1 amide bonds. The highest BCUT2D eigenvalue weighted by atomic mass is 35.5. The molecule has 2 heterocycles. The van der Waals surface area contributed by atoms with Crippen molar-refractivity contribution in [2.24, 2.45) is 7.05 Å². The molecule has 84 valence electrons. The average Bonchev–Trinajstić information content (AvgIpc) is 2.73. The smallest absolute Gasteiger partial charge is 0.274 e. The fourth-order valence-corrected chi connectivity index (χ4v) is 1.56. The molecular weight excluding hydrogens is 230 g/mol. The van der Waals surface area contributed by atoms with Crippen molar-refractivity contribution in [2.45, 2.75) is 6.92 Å². The maximum atomic E-state index is 11.8. The number of anilines is 1. The van der Waals surface area contributed by atoms with Gasteiger partial charge in [0, 0.05) is 13.2 Å². The number of nitrogens with one attached hydrogen (secondary N) is 2. The first kappa shape index (κ1) is 10.7. The maximum Gasteiger partial charge on any atom is 0.274 e. The van der Waals surface area contributed by atoms with Crippen LogP contribution in [0.3, 0.4) is 0 Å². The van der Waals surface area contributed by atoms with Gasteiger partial charge in [-0.15, -0.1) is 5.10 Å². The quantitative estimate of drug-likeness (QED) is 0.831. The number of aryl methyl sites for hydroxylation is 2. The molecule has 6 nitrogen and oxygen atoms in total. The third-order valence-electron chi connectivity index (χ3n) is 2.03. The minimum absolute atomic E-state index is 0.250. The minimum atomic E-state index is -0.298. The van der Waals surface area contributed by atoms with Crippen LogP contribution in [-0.2, 0) is 7.05 Å². The Morgan fingerprint density at radius 3 is 2.88 bits per heavy atom. The highest BCUT2D eigenvalue weighted by molar-refractivity contribution is 6.31. The highest BCUT2D eigenvalue weighted by Gasteiger charge is 2.13. The van der Waals surface area contributed by atoms with Gasteiger partial charge in [0.1, 0.15) is 11.5 Å². The lowest BCUT2D eigenvalue weighted by Crippen LogP contribution is -2.16. The topological polar surface area (TPSA) is 75.6 Å². The van der Waals surface area contributed by atoms with Crippen molar-refractivity contribution in [3.05, 3.63) is 28.8 Å². The number of amides is 1. The lowest BCUT2D eigenvalue weighted by atomic mass is 10.4. The molecule has 2 N–H and O–H groups in total. The number of hydrogen-bond acceptors (Lipinski definition) is 3. The predicted octanol–water partition coefficient (Wildman–Crippen LogP) is 1.36. The number of H-pyrrole nitrogens is 1. The summed E-state index contributed by atoms with van der Waals surface area (Å²) in [7, 11) is 1.74. The number of halogens is 1. The first-order chi connectivity index (χ1) is 7.56. The van der Waals surface area contributed by atoms with Crippen LogP contribution in [-0.4, -0.2) is 25.7 Å². The van der Waals surface area contributed by atoms with Crippen LogP contribution in [0.5, 0.6) is 0 Å². The molecule has 0 atom stereocenters. The van der Waals surface area contributed by atoms with Gasteiger partial charge in [0.25, 0.3) is 5.91 Å². The number of rotatable bonds is 2. The second-order valence-corrected chi connectivity index (χ2v) is 3.79. The van der Waals surface area contributed by atoms with Gasteiger partial charge in [-0.3, -0.25) is 15.2 Å². The van der Waals surface area contributed by atoms with Gasteiger partial charge in [0.05, 0.1) is 5.02 Å². The van der Waals surface area contributed by atoms with Crippen LogP contribution in [0.15, 0.2) is 12.3 Å². The summed E-state index contributed by atoms with van der Waals surface area (Å²) in [6.07, 6.45) is 1.65. The third-order valence-corrected chi connectivity index (χ3v) is 2.23. The Morgan fingerprint density at radius 1 is 1.62 bits per heavy atom. The summed E-state index contributed by atoms with van der Waals surface area (Å²) in [5.41, 5.74) is 0.451. The van der Waals surface area contributed by atoms with E-state index >= 15 is 0 Å². The summed E-state index contributed by atoms with van der Waals surface area (Å²) >= 11 is 5.78. The molecule has 0 saturated carbocycles. The van der Waals surface area contributed by atoms with Gasteiger partial charge in [0.15, 0.2) is 0 Å². The number of aromatic nitrogens is 4. The number of carbonyl (C=O) groups excluding carboxylic acids is 1. The highest BCUT2D eigenvalue weighted by Crippen LogP contribution is 2.13. The summed E-state index contributed by atoms with van der Waals surface area (Å²) in [6, 6.07) is 1.58. The largest absolute Gasteiger partial charge is 0.345 e. The number of nitrogens with zero attached hydrogens (tertiary/aromatic N) is 3. The lowest BCUT2D eigenvalue weighted by molar-refractivity contribution is 0.101. The van der Waals surface area contributed by atoms with Gasteiger partial charge in [-0.2, -0.15) is 4.98 Å². The molecule has 0 aliphatic carbocycles. The SMILES string of the molecule is Cc1nc(NC(=O)c2cc(Cl)cn2C)n[nH]1. The molecule has 0 radical (unpaired) electrons. The van der Waals surface area contributed by atoms with E-state index in [-0.39, 0.29) is 11.9 Å². The number of hydrogen-bond donors (Lipinski definition) is 2. The Kier molecular flexibility index (Phi) is 2.66. The van der Waals surface area contributed by atoms with Gasteiger partial charge in [-0.05, 0) is 13.0 Å². The zero-order chi connectivity index (χ0) is 11.7. The van der Waals surface area contributed by atoms with Crippen molar-refractivity contribution in [1.82, 2.24) is 19.7 Å². The molecule has 0 bridgehead atoms.